The normalized spacial score (nSPS) is 12.6. The molecule has 1 amide bonds. The zero-order valence-electron chi connectivity index (χ0n) is 8.61. The quantitative estimate of drug-likeness (QED) is 0.383. The minimum Gasteiger partial charge on any atom is -0.408 e. The molecule has 0 fully saturated rings. The van der Waals surface area contributed by atoms with Gasteiger partial charge in [0.15, 0.2) is 5.58 Å². The smallest absolute Gasteiger partial charge is 0.408 e. The molecule has 1 atom stereocenters. The second kappa shape index (κ2) is 3.82. The number of nitrogens with two attached hydrogens (primary N) is 1. The first-order valence-corrected chi connectivity index (χ1v) is 4.75. The number of hydrazine groups is 1. The molecule has 0 spiro atoms. The minimum absolute atomic E-state index is 0.287. The third-order valence-corrected chi connectivity index (χ3v) is 2.48. The summed E-state index contributed by atoms with van der Waals surface area (Å²) in [5.74, 6) is 3.87. The molecule has 1 heterocycles. The van der Waals surface area contributed by atoms with Gasteiger partial charge >= 0.3 is 5.76 Å². The lowest BCUT2D eigenvalue weighted by molar-refractivity contribution is -0.122. The molecule has 0 aliphatic carbocycles. The van der Waals surface area contributed by atoms with Gasteiger partial charge in [0.2, 0.25) is 5.91 Å². The summed E-state index contributed by atoms with van der Waals surface area (Å²) in [5, 5.41) is 0. The van der Waals surface area contributed by atoms with Gasteiger partial charge in [0, 0.05) is 0 Å². The van der Waals surface area contributed by atoms with Gasteiger partial charge in [0.1, 0.15) is 0 Å². The molecular weight excluding hydrogens is 210 g/mol. The molecule has 0 aliphatic heterocycles. The van der Waals surface area contributed by atoms with Crippen molar-refractivity contribution in [1.82, 2.24) is 10.4 Å². The molecule has 0 bridgehead atoms. The standard InChI is InChI=1S/C10H11N3O3/c1-5(9(14)13-11)6-2-3-8-7(4-6)12-10(15)16-8/h2-5H,11H2,1H3,(H,12,15)(H,13,14). The van der Waals surface area contributed by atoms with Crippen LogP contribution in [0.15, 0.2) is 27.4 Å². The van der Waals surface area contributed by atoms with Crippen molar-refractivity contribution in [2.45, 2.75) is 12.8 Å². The number of benzene rings is 1. The van der Waals surface area contributed by atoms with E-state index in [0.717, 1.165) is 5.56 Å². The summed E-state index contributed by atoms with van der Waals surface area (Å²) in [5.41, 5.74) is 3.87. The highest BCUT2D eigenvalue weighted by atomic mass is 16.4. The molecule has 1 unspecified atom stereocenters. The molecule has 1 aromatic carbocycles. The van der Waals surface area contributed by atoms with Crippen LogP contribution in [0, 0.1) is 0 Å². The Bertz CT molecular complexity index is 584. The van der Waals surface area contributed by atoms with Crippen molar-refractivity contribution in [3.63, 3.8) is 0 Å². The monoisotopic (exact) mass is 221 g/mol. The zero-order chi connectivity index (χ0) is 11.7. The fourth-order valence-electron chi connectivity index (χ4n) is 1.52. The third-order valence-electron chi connectivity index (χ3n) is 2.48. The molecule has 2 aromatic rings. The summed E-state index contributed by atoms with van der Waals surface area (Å²) >= 11 is 0. The molecule has 6 nitrogen and oxygen atoms in total. The van der Waals surface area contributed by atoms with Crippen LogP contribution in [0.5, 0.6) is 0 Å². The first-order chi connectivity index (χ1) is 7.61. The van der Waals surface area contributed by atoms with Crippen molar-refractivity contribution in [3.8, 4) is 0 Å². The van der Waals surface area contributed by atoms with E-state index in [2.05, 4.69) is 10.4 Å². The number of oxazole rings is 1. The Morgan fingerprint density at radius 2 is 2.31 bits per heavy atom. The van der Waals surface area contributed by atoms with Crippen molar-refractivity contribution in [2.24, 2.45) is 5.84 Å². The van der Waals surface area contributed by atoms with E-state index in [0.29, 0.717) is 11.1 Å². The van der Waals surface area contributed by atoms with Gasteiger partial charge in [-0.3, -0.25) is 15.2 Å². The van der Waals surface area contributed by atoms with Crippen LogP contribution in [0.1, 0.15) is 18.4 Å². The molecule has 1 aromatic heterocycles. The van der Waals surface area contributed by atoms with E-state index in [9.17, 15) is 9.59 Å². The molecule has 4 N–H and O–H groups in total. The van der Waals surface area contributed by atoms with E-state index >= 15 is 0 Å². The number of H-pyrrole nitrogens is 1. The maximum Gasteiger partial charge on any atom is 0.417 e. The number of aromatic amines is 1. The SMILES string of the molecule is CC(C(=O)NN)c1ccc2oc(=O)[nH]c2c1. The molecular formula is C10H11N3O3. The highest BCUT2D eigenvalue weighted by Crippen LogP contribution is 2.19. The maximum absolute atomic E-state index is 11.3. The number of hydrogen-bond donors (Lipinski definition) is 3. The average Bonchev–Trinajstić information content (AvgIpc) is 2.65. The summed E-state index contributed by atoms with van der Waals surface area (Å²) in [7, 11) is 0. The first-order valence-electron chi connectivity index (χ1n) is 4.75. The third kappa shape index (κ3) is 1.70. The van der Waals surface area contributed by atoms with Crippen LogP contribution in [0.4, 0.5) is 0 Å². The highest BCUT2D eigenvalue weighted by molar-refractivity contribution is 5.84. The number of aromatic nitrogens is 1. The van der Waals surface area contributed by atoms with E-state index in [1.165, 1.54) is 0 Å². The van der Waals surface area contributed by atoms with E-state index in [-0.39, 0.29) is 11.8 Å². The zero-order valence-corrected chi connectivity index (χ0v) is 8.61. The van der Waals surface area contributed by atoms with E-state index < -0.39 is 5.76 Å². The van der Waals surface area contributed by atoms with Crippen molar-refractivity contribution in [3.05, 3.63) is 34.3 Å². The summed E-state index contributed by atoms with van der Waals surface area (Å²) in [4.78, 5) is 24.8. The van der Waals surface area contributed by atoms with Gasteiger partial charge in [0.25, 0.3) is 0 Å². The van der Waals surface area contributed by atoms with Gasteiger partial charge in [-0.1, -0.05) is 6.07 Å². The van der Waals surface area contributed by atoms with Gasteiger partial charge in [-0.15, -0.1) is 0 Å². The van der Waals surface area contributed by atoms with E-state index in [1.54, 1.807) is 25.1 Å². The second-order valence-corrected chi connectivity index (χ2v) is 3.50. The average molecular weight is 221 g/mol. The number of carbonyl (C=O) groups is 1. The van der Waals surface area contributed by atoms with Crippen LogP contribution in [0.3, 0.4) is 0 Å². The lowest BCUT2D eigenvalue weighted by atomic mass is 10.0. The second-order valence-electron chi connectivity index (χ2n) is 3.50. The number of rotatable bonds is 2. The predicted molar refractivity (Wildman–Crippen MR) is 57.6 cm³/mol. The van der Waals surface area contributed by atoms with Crippen LogP contribution in [-0.4, -0.2) is 10.9 Å². The number of amides is 1. The molecule has 0 saturated heterocycles. The Labute approximate surface area is 90.4 Å². The Morgan fingerprint density at radius 3 is 3.00 bits per heavy atom. The van der Waals surface area contributed by atoms with Gasteiger partial charge in [-0.2, -0.15) is 0 Å². The Hall–Kier alpha value is -2.08. The van der Waals surface area contributed by atoms with Gasteiger partial charge in [-0.25, -0.2) is 10.6 Å². The summed E-state index contributed by atoms with van der Waals surface area (Å²) in [6.07, 6.45) is 0. The van der Waals surface area contributed by atoms with Crippen LogP contribution >= 0.6 is 0 Å². The molecule has 0 aliphatic rings. The Morgan fingerprint density at radius 1 is 1.56 bits per heavy atom. The largest absolute Gasteiger partial charge is 0.417 e. The number of nitrogens with one attached hydrogen (secondary N) is 2. The van der Waals surface area contributed by atoms with Crippen molar-refractivity contribution in [2.75, 3.05) is 0 Å². The Kier molecular flexibility index (Phi) is 2.49. The lowest BCUT2D eigenvalue weighted by Gasteiger charge is -2.09. The summed E-state index contributed by atoms with van der Waals surface area (Å²) < 4.78 is 4.85. The molecule has 0 saturated carbocycles. The molecule has 2 rings (SSSR count). The summed E-state index contributed by atoms with van der Waals surface area (Å²) in [6.45, 7) is 1.72. The van der Waals surface area contributed by atoms with Crippen molar-refractivity contribution < 1.29 is 9.21 Å². The number of carbonyl (C=O) groups excluding carboxylic acids is 1. The van der Waals surface area contributed by atoms with Crippen LogP contribution < -0.4 is 17.0 Å². The molecule has 0 radical (unpaired) electrons. The number of hydrogen-bond acceptors (Lipinski definition) is 4. The fourth-order valence-corrected chi connectivity index (χ4v) is 1.52. The molecule has 84 valence electrons. The predicted octanol–water partition coefficient (Wildman–Crippen LogP) is 0.214. The highest BCUT2D eigenvalue weighted by Gasteiger charge is 2.14. The van der Waals surface area contributed by atoms with E-state index in [4.69, 9.17) is 10.3 Å². The van der Waals surface area contributed by atoms with Gasteiger partial charge in [-0.05, 0) is 24.6 Å². The van der Waals surface area contributed by atoms with Gasteiger partial charge in [0.05, 0.1) is 11.4 Å². The summed E-state index contributed by atoms with van der Waals surface area (Å²) in [6, 6.07) is 5.06. The minimum atomic E-state index is -0.511. The van der Waals surface area contributed by atoms with Crippen LogP contribution in [0.2, 0.25) is 0 Å². The first kappa shape index (κ1) is 10.4. The Balaban J connectivity index is 2.46. The maximum atomic E-state index is 11.3. The van der Waals surface area contributed by atoms with Crippen molar-refractivity contribution >= 4 is 17.0 Å². The van der Waals surface area contributed by atoms with E-state index in [1.807, 2.05) is 0 Å². The topological polar surface area (TPSA) is 101 Å². The van der Waals surface area contributed by atoms with Crippen LogP contribution in [-0.2, 0) is 4.79 Å². The molecule has 16 heavy (non-hydrogen) atoms. The fraction of sp³-hybridized carbons (Fsp3) is 0.200. The number of fused-ring (bicyclic) bond motifs is 1. The molecule has 6 heteroatoms. The van der Waals surface area contributed by atoms with Crippen LogP contribution in [0.25, 0.3) is 11.1 Å². The van der Waals surface area contributed by atoms with Crippen molar-refractivity contribution in [1.29, 1.82) is 0 Å². The lowest BCUT2D eigenvalue weighted by Crippen LogP contribution is -2.33. The van der Waals surface area contributed by atoms with Gasteiger partial charge < -0.3 is 4.42 Å².